The molecule has 2 aromatic rings. The van der Waals surface area contributed by atoms with Gasteiger partial charge in [0.05, 0.1) is 25.3 Å². The van der Waals surface area contributed by atoms with Crippen molar-refractivity contribution < 1.29 is 18.7 Å². The molecule has 1 aliphatic heterocycles. The van der Waals surface area contributed by atoms with Gasteiger partial charge in [0, 0.05) is 10.0 Å². The van der Waals surface area contributed by atoms with E-state index >= 15 is 0 Å². The van der Waals surface area contributed by atoms with E-state index in [1.54, 1.807) is 0 Å². The standard InChI is InChI=1S/C18H17BrFNO3/c1-23-16-7-5-12(20)10-14(16)18(22)21-15-3-2-8-24-17-6-4-11(19)9-13(15)17/h4-7,9-10,15H,2-3,8H2,1H3,(H,21,22). The summed E-state index contributed by atoms with van der Waals surface area (Å²) in [5.41, 5.74) is 1.09. The Hall–Kier alpha value is -2.08. The smallest absolute Gasteiger partial charge is 0.255 e. The molecular weight excluding hydrogens is 377 g/mol. The van der Waals surface area contributed by atoms with Crippen molar-refractivity contribution in [3.63, 3.8) is 0 Å². The van der Waals surface area contributed by atoms with Crippen molar-refractivity contribution in [3.8, 4) is 11.5 Å². The summed E-state index contributed by atoms with van der Waals surface area (Å²) in [6, 6.07) is 9.41. The lowest BCUT2D eigenvalue weighted by Crippen LogP contribution is -2.28. The van der Waals surface area contributed by atoms with Gasteiger partial charge in [-0.05, 0) is 49.2 Å². The van der Waals surface area contributed by atoms with E-state index in [4.69, 9.17) is 9.47 Å². The van der Waals surface area contributed by atoms with Crippen LogP contribution in [0.4, 0.5) is 4.39 Å². The van der Waals surface area contributed by atoms with Crippen molar-refractivity contribution in [3.05, 3.63) is 57.8 Å². The molecule has 0 fully saturated rings. The number of methoxy groups -OCH3 is 1. The molecule has 0 aromatic heterocycles. The van der Waals surface area contributed by atoms with Crippen LogP contribution in [-0.2, 0) is 0 Å². The van der Waals surface area contributed by atoms with Gasteiger partial charge in [-0.1, -0.05) is 15.9 Å². The van der Waals surface area contributed by atoms with Crippen LogP contribution in [0.1, 0.15) is 34.8 Å². The van der Waals surface area contributed by atoms with E-state index in [9.17, 15) is 9.18 Å². The molecule has 1 atom stereocenters. The van der Waals surface area contributed by atoms with Crippen LogP contribution in [0.2, 0.25) is 0 Å². The van der Waals surface area contributed by atoms with Crippen molar-refractivity contribution in [1.29, 1.82) is 0 Å². The highest BCUT2D eigenvalue weighted by atomic mass is 79.9. The maximum absolute atomic E-state index is 13.5. The minimum atomic E-state index is -0.478. The lowest BCUT2D eigenvalue weighted by Gasteiger charge is -2.19. The first-order valence-electron chi connectivity index (χ1n) is 7.65. The molecule has 1 aliphatic rings. The molecule has 0 saturated carbocycles. The van der Waals surface area contributed by atoms with Crippen molar-refractivity contribution in [1.82, 2.24) is 5.32 Å². The fraction of sp³-hybridized carbons (Fsp3) is 0.278. The van der Waals surface area contributed by atoms with Gasteiger partial charge >= 0.3 is 0 Å². The van der Waals surface area contributed by atoms with Crippen LogP contribution in [0, 0.1) is 5.82 Å². The fourth-order valence-electron chi connectivity index (χ4n) is 2.79. The average molecular weight is 394 g/mol. The lowest BCUT2D eigenvalue weighted by atomic mass is 10.0. The summed E-state index contributed by atoms with van der Waals surface area (Å²) in [5, 5.41) is 2.97. The Morgan fingerprint density at radius 2 is 2.17 bits per heavy atom. The maximum atomic E-state index is 13.5. The Morgan fingerprint density at radius 3 is 2.96 bits per heavy atom. The summed E-state index contributed by atoms with van der Waals surface area (Å²) in [4.78, 5) is 12.6. The van der Waals surface area contributed by atoms with Crippen molar-refractivity contribution in [2.24, 2.45) is 0 Å². The van der Waals surface area contributed by atoms with Crippen molar-refractivity contribution in [2.45, 2.75) is 18.9 Å². The number of nitrogens with one attached hydrogen (secondary N) is 1. The molecule has 3 rings (SSSR count). The Morgan fingerprint density at radius 1 is 1.33 bits per heavy atom. The Labute approximate surface area is 148 Å². The molecule has 24 heavy (non-hydrogen) atoms. The molecule has 2 aromatic carbocycles. The third kappa shape index (κ3) is 3.53. The maximum Gasteiger partial charge on any atom is 0.255 e. The number of halogens is 2. The van der Waals surface area contributed by atoms with E-state index in [0.717, 1.165) is 28.6 Å². The second-order valence-corrected chi connectivity index (χ2v) is 6.46. The molecule has 0 spiro atoms. The van der Waals surface area contributed by atoms with Gasteiger partial charge in [-0.25, -0.2) is 4.39 Å². The molecule has 126 valence electrons. The molecule has 1 unspecified atom stereocenters. The van der Waals surface area contributed by atoms with Crippen LogP contribution in [0.15, 0.2) is 40.9 Å². The molecule has 0 aliphatic carbocycles. The first-order chi connectivity index (χ1) is 11.6. The van der Waals surface area contributed by atoms with Gasteiger partial charge in [0.2, 0.25) is 0 Å². The van der Waals surface area contributed by atoms with Crippen molar-refractivity contribution in [2.75, 3.05) is 13.7 Å². The number of amides is 1. The zero-order valence-corrected chi connectivity index (χ0v) is 14.7. The lowest BCUT2D eigenvalue weighted by molar-refractivity contribution is 0.0931. The van der Waals surface area contributed by atoms with Crippen LogP contribution in [0.5, 0.6) is 11.5 Å². The van der Waals surface area contributed by atoms with Gasteiger partial charge in [-0.15, -0.1) is 0 Å². The topological polar surface area (TPSA) is 47.6 Å². The normalized spacial score (nSPS) is 16.5. The van der Waals surface area contributed by atoms with Crippen LogP contribution in [-0.4, -0.2) is 19.6 Å². The molecule has 4 nitrogen and oxygen atoms in total. The first kappa shape index (κ1) is 16.8. The number of carbonyl (C=O) groups excluding carboxylic acids is 1. The highest BCUT2D eigenvalue weighted by Gasteiger charge is 2.24. The Balaban J connectivity index is 1.90. The largest absolute Gasteiger partial charge is 0.496 e. The summed E-state index contributed by atoms with van der Waals surface area (Å²) in [6.45, 7) is 0.601. The predicted molar refractivity (Wildman–Crippen MR) is 92.0 cm³/mol. The van der Waals surface area contributed by atoms with Gasteiger partial charge in [0.25, 0.3) is 5.91 Å². The minimum Gasteiger partial charge on any atom is -0.496 e. The highest BCUT2D eigenvalue weighted by molar-refractivity contribution is 9.10. The van der Waals surface area contributed by atoms with E-state index in [1.165, 1.54) is 25.3 Å². The van der Waals surface area contributed by atoms with E-state index in [0.29, 0.717) is 12.4 Å². The van der Waals surface area contributed by atoms with Gasteiger partial charge in [-0.3, -0.25) is 4.79 Å². The third-order valence-corrected chi connectivity index (χ3v) is 4.45. The van der Waals surface area contributed by atoms with E-state index in [2.05, 4.69) is 21.2 Å². The summed E-state index contributed by atoms with van der Waals surface area (Å²) >= 11 is 3.45. The quantitative estimate of drug-likeness (QED) is 0.847. The summed E-state index contributed by atoms with van der Waals surface area (Å²) in [5.74, 6) is 0.248. The highest BCUT2D eigenvalue weighted by Crippen LogP contribution is 2.34. The van der Waals surface area contributed by atoms with Gasteiger partial charge in [-0.2, -0.15) is 0 Å². The monoisotopic (exact) mass is 393 g/mol. The van der Waals surface area contributed by atoms with Crippen LogP contribution in [0.3, 0.4) is 0 Å². The first-order valence-corrected chi connectivity index (χ1v) is 8.44. The van der Waals surface area contributed by atoms with Crippen LogP contribution < -0.4 is 14.8 Å². The summed E-state index contributed by atoms with van der Waals surface area (Å²) < 4.78 is 25.3. The van der Waals surface area contributed by atoms with Crippen LogP contribution in [0.25, 0.3) is 0 Å². The predicted octanol–water partition coefficient (Wildman–Crippen LogP) is 4.24. The summed E-state index contributed by atoms with van der Waals surface area (Å²) in [6.07, 6.45) is 1.56. The second-order valence-electron chi connectivity index (χ2n) is 5.54. The van der Waals surface area contributed by atoms with E-state index in [1.807, 2.05) is 18.2 Å². The number of rotatable bonds is 3. The van der Waals surface area contributed by atoms with E-state index < -0.39 is 5.82 Å². The molecule has 1 N–H and O–H groups in total. The van der Waals surface area contributed by atoms with Gasteiger partial charge < -0.3 is 14.8 Å². The number of hydrogen-bond donors (Lipinski definition) is 1. The number of fused-ring (bicyclic) bond motifs is 1. The number of benzene rings is 2. The number of carbonyl (C=O) groups is 1. The van der Waals surface area contributed by atoms with Gasteiger partial charge in [0.1, 0.15) is 17.3 Å². The minimum absolute atomic E-state index is 0.180. The molecule has 1 amide bonds. The third-order valence-electron chi connectivity index (χ3n) is 3.95. The molecule has 1 heterocycles. The molecule has 0 bridgehead atoms. The van der Waals surface area contributed by atoms with E-state index in [-0.39, 0.29) is 17.5 Å². The number of hydrogen-bond acceptors (Lipinski definition) is 3. The zero-order valence-electron chi connectivity index (χ0n) is 13.1. The van der Waals surface area contributed by atoms with Gasteiger partial charge in [0.15, 0.2) is 0 Å². The zero-order chi connectivity index (χ0) is 17.1. The molecule has 0 radical (unpaired) electrons. The SMILES string of the molecule is COc1ccc(F)cc1C(=O)NC1CCCOc2ccc(Br)cc21. The Bertz CT molecular complexity index is 766. The second kappa shape index (κ2) is 7.21. The molecular formula is C18H17BrFNO3. The molecule has 0 saturated heterocycles. The number of ether oxygens (including phenoxy) is 2. The summed E-state index contributed by atoms with van der Waals surface area (Å²) in [7, 11) is 1.45. The Kier molecular flexibility index (Phi) is 5.04. The molecule has 6 heteroatoms. The van der Waals surface area contributed by atoms with Crippen molar-refractivity contribution >= 4 is 21.8 Å². The average Bonchev–Trinajstić information content (AvgIpc) is 2.77. The fourth-order valence-corrected chi connectivity index (χ4v) is 3.17. The van der Waals surface area contributed by atoms with Crippen LogP contribution >= 0.6 is 15.9 Å².